The van der Waals surface area contributed by atoms with E-state index in [0.29, 0.717) is 17.6 Å². The molecule has 2 saturated carbocycles. The Labute approximate surface area is 209 Å². The Morgan fingerprint density at radius 3 is 2.47 bits per heavy atom. The van der Waals surface area contributed by atoms with Crippen LogP contribution in [0.15, 0.2) is 21.7 Å². The van der Waals surface area contributed by atoms with Gasteiger partial charge < -0.3 is 14.9 Å². The minimum Gasteiger partial charge on any atom is -0.383 e. The number of rotatable bonds is 10. The van der Waals surface area contributed by atoms with Crippen LogP contribution >= 0.6 is 0 Å². The number of methoxy groups -OCH3 is 1. The first-order valence-electron chi connectivity index (χ1n) is 13.1. The molecule has 1 aromatic heterocycles. The van der Waals surface area contributed by atoms with E-state index in [9.17, 15) is 14.4 Å². The Kier molecular flexibility index (Phi) is 8.79. The van der Waals surface area contributed by atoms with Crippen molar-refractivity contribution in [3.63, 3.8) is 0 Å². The highest BCUT2D eigenvalue weighted by Gasteiger charge is 2.25. The number of hydroxylamine groups is 1. The van der Waals surface area contributed by atoms with Gasteiger partial charge in [-0.25, -0.2) is 9.18 Å². The van der Waals surface area contributed by atoms with Gasteiger partial charge in [0.1, 0.15) is 5.82 Å². The van der Waals surface area contributed by atoms with Crippen molar-refractivity contribution < 1.29 is 18.8 Å². The topological polar surface area (TPSA) is 104 Å². The fourth-order valence-electron chi connectivity index (χ4n) is 5.52. The minimum absolute atomic E-state index is 0.0335. The van der Waals surface area contributed by atoms with Crippen molar-refractivity contribution in [2.45, 2.75) is 95.8 Å². The molecule has 2 aromatic rings. The summed E-state index contributed by atoms with van der Waals surface area (Å²) in [6, 6.07) is 2.67. The molecule has 0 aliphatic heterocycles. The van der Waals surface area contributed by atoms with E-state index in [-0.39, 0.29) is 30.6 Å². The van der Waals surface area contributed by atoms with Crippen LogP contribution in [0.1, 0.15) is 77.2 Å². The molecule has 10 heteroatoms. The van der Waals surface area contributed by atoms with Crippen molar-refractivity contribution in [1.82, 2.24) is 14.6 Å². The molecule has 0 saturated heterocycles. The smallest absolute Gasteiger partial charge is 0.331 e. The number of nitrogens with zero attached hydrogens (tertiary/aromatic N) is 2. The second-order valence-electron chi connectivity index (χ2n) is 10.0. The van der Waals surface area contributed by atoms with Gasteiger partial charge in [-0.3, -0.25) is 18.7 Å². The molecule has 4 rings (SSSR count). The number of hydrogen-bond acceptors (Lipinski definition) is 7. The number of aromatic nitrogens is 2. The highest BCUT2D eigenvalue weighted by Crippen LogP contribution is 2.32. The minimum atomic E-state index is -0.518. The summed E-state index contributed by atoms with van der Waals surface area (Å²) in [5.41, 5.74) is 2.55. The lowest BCUT2D eigenvalue weighted by Gasteiger charge is -2.25. The molecule has 1 aromatic carbocycles. The Morgan fingerprint density at radius 1 is 1.11 bits per heavy atom. The maximum atomic E-state index is 15.2. The number of carbonyl (C=O) groups excluding carboxylic acids is 1. The van der Waals surface area contributed by atoms with Crippen LogP contribution in [-0.2, 0) is 20.9 Å². The number of fused-ring (bicyclic) bond motifs is 1. The van der Waals surface area contributed by atoms with Crippen molar-refractivity contribution in [1.29, 1.82) is 0 Å². The molecule has 2 fully saturated rings. The molecule has 0 bridgehead atoms. The van der Waals surface area contributed by atoms with E-state index in [1.54, 1.807) is 10.6 Å². The number of nitrogens with one attached hydrogen (secondary N) is 2. The maximum Gasteiger partial charge on any atom is 0.331 e. The van der Waals surface area contributed by atoms with Crippen LogP contribution in [0.25, 0.3) is 10.9 Å². The molecule has 0 amide bonds. The lowest BCUT2D eigenvalue weighted by Crippen LogP contribution is -2.43. The summed E-state index contributed by atoms with van der Waals surface area (Å²) in [7, 11) is 1.51. The van der Waals surface area contributed by atoms with Crippen molar-refractivity contribution in [3.8, 4) is 0 Å². The van der Waals surface area contributed by atoms with Gasteiger partial charge >= 0.3 is 11.7 Å². The van der Waals surface area contributed by atoms with E-state index in [4.69, 9.17) is 9.57 Å². The third-order valence-electron chi connectivity index (χ3n) is 7.35. The molecule has 1 heterocycles. The van der Waals surface area contributed by atoms with Crippen LogP contribution in [0.4, 0.5) is 10.1 Å². The van der Waals surface area contributed by atoms with E-state index < -0.39 is 29.1 Å². The fraction of sp³-hybridized carbons (Fsp3) is 0.654. The molecule has 198 valence electrons. The van der Waals surface area contributed by atoms with Gasteiger partial charge in [-0.2, -0.15) is 0 Å². The second-order valence-corrected chi connectivity index (χ2v) is 10.0. The van der Waals surface area contributed by atoms with E-state index in [0.717, 1.165) is 51.4 Å². The van der Waals surface area contributed by atoms with Gasteiger partial charge in [-0.15, -0.1) is 5.48 Å². The van der Waals surface area contributed by atoms with Crippen molar-refractivity contribution in [2.24, 2.45) is 0 Å². The van der Waals surface area contributed by atoms with Crippen molar-refractivity contribution in [3.05, 3.63) is 38.8 Å². The average Bonchev–Trinajstić information content (AvgIpc) is 3.38. The quantitative estimate of drug-likeness (QED) is 0.476. The number of carbonyl (C=O) groups is 1. The maximum absolute atomic E-state index is 15.2. The van der Waals surface area contributed by atoms with Gasteiger partial charge in [0, 0.05) is 32.7 Å². The molecular formula is C26H37FN4O5. The molecule has 0 radical (unpaired) electrons. The van der Waals surface area contributed by atoms with Crippen LogP contribution < -0.4 is 22.0 Å². The second kappa shape index (κ2) is 12.0. The van der Waals surface area contributed by atoms with E-state index >= 15 is 4.39 Å². The van der Waals surface area contributed by atoms with E-state index in [1.807, 2.05) is 0 Å². The number of ether oxygens (including phenoxy) is 1. The lowest BCUT2D eigenvalue weighted by molar-refractivity contribution is -0.151. The average molecular weight is 505 g/mol. The third-order valence-corrected chi connectivity index (χ3v) is 7.35. The molecule has 1 unspecified atom stereocenters. The van der Waals surface area contributed by atoms with Crippen LogP contribution in [0, 0.1) is 5.82 Å². The molecule has 2 aliphatic rings. The summed E-state index contributed by atoms with van der Waals surface area (Å²) in [6.07, 6.45) is 9.39. The number of halogens is 1. The Hall–Kier alpha value is -2.72. The predicted molar refractivity (Wildman–Crippen MR) is 136 cm³/mol. The summed E-state index contributed by atoms with van der Waals surface area (Å²) in [6.45, 7) is 1.57. The van der Waals surface area contributed by atoms with Gasteiger partial charge in [-0.1, -0.05) is 32.1 Å². The zero-order chi connectivity index (χ0) is 25.7. The molecule has 0 spiro atoms. The Bertz CT molecular complexity index is 1180. The third kappa shape index (κ3) is 5.98. The molecule has 2 N–H and O–H groups in total. The van der Waals surface area contributed by atoms with Gasteiger partial charge in [0.15, 0.2) is 0 Å². The van der Waals surface area contributed by atoms with Crippen LogP contribution in [0.5, 0.6) is 0 Å². The summed E-state index contributed by atoms with van der Waals surface area (Å²) >= 11 is 0. The van der Waals surface area contributed by atoms with Crippen LogP contribution in [-0.4, -0.2) is 40.9 Å². The first-order chi connectivity index (χ1) is 17.4. The van der Waals surface area contributed by atoms with E-state index in [1.165, 1.54) is 31.1 Å². The summed E-state index contributed by atoms with van der Waals surface area (Å²) in [4.78, 5) is 43.2. The monoisotopic (exact) mass is 504 g/mol. The normalized spacial score (nSPS) is 18.0. The molecule has 1 atom stereocenters. The highest BCUT2D eigenvalue weighted by molar-refractivity contribution is 5.82. The lowest BCUT2D eigenvalue weighted by atomic mass is 9.95. The number of hydrogen-bond donors (Lipinski definition) is 2. The summed E-state index contributed by atoms with van der Waals surface area (Å²) in [5, 5.41) is 3.53. The highest BCUT2D eigenvalue weighted by atomic mass is 19.1. The Morgan fingerprint density at radius 2 is 1.81 bits per heavy atom. The standard InChI is InChI=1S/C26H37FN4O5/c1-17(32)36-29-19(16-35-2)12-13-30-25(33)21-14-22(27)23(28-18-8-4-3-5-9-18)15-24(21)31(26(30)34)20-10-6-7-11-20/h14-15,18-20,28-29H,3-13,16H2,1-2H3. The van der Waals surface area contributed by atoms with Gasteiger partial charge in [0.25, 0.3) is 5.56 Å². The molecule has 9 nitrogen and oxygen atoms in total. The first-order valence-corrected chi connectivity index (χ1v) is 13.1. The Balaban J connectivity index is 1.72. The zero-order valence-electron chi connectivity index (χ0n) is 21.2. The SMILES string of the molecule is COCC(CCn1c(=O)c2cc(F)c(NC3CCCCC3)cc2n(C2CCCC2)c1=O)NOC(C)=O. The number of benzene rings is 1. The van der Waals surface area contributed by atoms with Gasteiger partial charge in [0.05, 0.1) is 29.2 Å². The van der Waals surface area contributed by atoms with Gasteiger partial charge in [0.2, 0.25) is 0 Å². The zero-order valence-corrected chi connectivity index (χ0v) is 21.2. The predicted octanol–water partition coefficient (Wildman–Crippen LogP) is 3.63. The molecule has 36 heavy (non-hydrogen) atoms. The number of anilines is 1. The largest absolute Gasteiger partial charge is 0.383 e. The van der Waals surface area contributed by atoms with Crippen LogP contribution in [0.2, 0.25) is 0 Å². The fourth-order valence-corrected chi connectivity index (χ4v) is 5.52. The van der Waals surface area contributed by atoms with E-state index in [2.05, 4.69) is 10.8 Å². The summed E-state index contributed by atoms with van der Waals surface area (Å²) in [5.74, 6) is -0.988. The van der Waals surface area contributed by atoms with Crippen molar-refractivity contribution in [2.75, 3.05) is 19.0 Å². The molecule has 2 aliphatic carbocycles. The van der Waals surface area contributed by atoms with Crippen molar-refractivity contribution >= 4 is 22.6 Å². The molecular weight excluding hydrogens is 467 g/mol. The first kappa shape index (κ1) is 26.3. The van der Waals surface area contributed by atoms with Gasteiger partial charge in [-0.05, 0) is 44.2 Å². The van der Waals surface area contributed by atoms with Crippen LogP contribution in [0.3, 0.4) is 0 Å². The summed E-state index contributed by atoms with van der Waals surface area (Å²) < 4.78 is 23.3.